The van der Waals surface area contributed by atoms with Crippen LogP contribution in [-0.2, 0) is 4.74 Å². The summed E-state index contributed by atoms with van der Waals surface area (Å²) in [6, 6.07) is -0.00345. The van der Waals surface area contributed by atoms with Crippen molar-refractivity contribution >= 4 is 12.1 Å². The fourth-order valence-electron chi connectivity index (χ4n) is 1.77. The van der Waals surface area contributed by atoms with Gasteiger partial charge in [0.2, 0.25) is 0 Å². The van der Waals surface area contributed by atoms with Crippen molar-refractivity contribution in [1.29, 1.82) is 0 Å². The molecule has 0 saturated heterocycles. The van der Waals surface area contributed by atoms with E-state index in [9.17, 15) is 4.79 Å². The first-order chi connectivity index (χ1) is 9.28. The van der Waals surface area contributed by atoms with Gasteiger partial charge in [-0.2, -0.15) is 0 Å². The summed E-state index contributed by atoms with van der Waals surface area (Å²) >= 11 is 0. The molecule has 0 radical (unpaired) electrons. The summed E-state index contributed by atoms with van der Waals surface area (Å²) in [6.07, 6.45) is 0.686. The highest BCUT2D eigenvalue weighted by molar-refractivity contribution is 5.80. The lowest BCUT2D eigenvalue weighted by molar-refractivity contribution is 0.0491. The molecule has 6 heteroatoms. The number of rotatable bonds is 4. The lowest BCUT2D eigenvalue weighted by Gasteiger charge is -2.27. The van der Waals surface area contributed by atoms with Gasteiger partial charge in [-0.25, -0.2) is 4.79 Å². The highest BCUT2D eigenvalue weighted by atomic mass is 16.6. The summed E-state index contributed by atoms with van der Waals surface area (Å²) in [7, 11) is 0. The van der Waals surface area contributed by atoms with E-state index in [0.717, 1.165) is 25.5 Å². The van der Waals surface area contributed by atoms with E-state index in [-0.39, 0.29) is 12.1 Å². The molecule has 0 aliphatic carbocycles. The van der Waals surface area contributed by atoms with Crippen LogP contribution in [0.4, 0.5) is 4.79 Å². The van der Waals surface area contributed by atoms with Crippen LogP contribution in [0.5, 0.6) is 0 Å². The molecule has 0 aromatic rings. The number of aliphatic imine (C=N–C) groups is 1. The third-order valence-electron chi connectivity index (χ3n) is 2.89. The zero-order valence-corrected chi connectivity index (χ0v) is 13.2. The van der Waals surface area contributed by atoms with Gasteiger partial charge in [0.15, 0.2) is 5.96 Å². The van der Waals surface area contributed by atoms with Crippen LogP contribution in [0.1, 0.15) is 41.0 Å². The fraction of sp³-hybridized carbons (Fsp3) is 0.857. The van der Waals surface area contributed by atoms with Crippen molar-refractivity contribution in [2.24, 2.45) is 10.9 Å². The van der Waals surface area contributed by atoms with E-state index in [1.807, 2.05) is 20.8 Å². The molecule has 1 amide bonds. The zero-order chi connectivity index (χ0) is 15.2. The largest absolute Gasteiger partial charge is 0.444 e. The summed E-state index contributed by atoms with van der Waals surface area (Å²) in [5, 5.41) is 9.35. The Morgan fingerprint density at radius 3 is 2.65 bits per heavy atom. The van der Waals surface area contributed by atoms with Gasteiger partial charge in [-0.05, 0) is 33.1 Å². The first kappa shape index (κ1) is 16.6. The van der Waals surface area contributed by atoms with Crippen LogP contribution >= 0.6 is 0 Å². The number of nitrogens with one attached hydrogen (secondary N) is 3. The normalized spacial score (nSPS) is 17.0. The van der Waals surface area contributed by atoms with Gasteiger partial charge < -0.3 is 20.7 Å². The molecule has 3 N–H and O–H groups in total. The molecule has 6 nitrogen and oxygen atoms in total. The Labute approximate surface area is 121 Å². The first-order valence-corrected chi connectivity index (χ1v) is 7.29. The van der Waals surface area contributed by atoms with Crippen molar-refractivity contribution in [2.75, 3.05) is 19.6 Å². The molecular formula is C14H28N4O2. The van der Waals surface area contributed by atoms with Crippen molar-refractivity contribution in [2.45, 2.75) is 52.7 Å². The predicted molar refractivity (Wildman–Crippen MR) is 80.9 cm³/mol. The van der Waals surface area contributed by atoms with E-state index >= 15 is 0 Å². The minimum atomic E-state index is -0.478. The smallest absolute Gasteiger partial charge is 0.407 e. The highest BCUT2D eigenvalue weighted by Crippen LogP contribution is 2.08. The maximum atomic E-state index is 11.8. The summed E-state index contributed by atoms with van der Waals surface area (Å²) in [5.74, 6) is 1.12. The van der Waals surface area contributed by atoms with E-state index in [1.165, 1.54) is 0 Å². The molecule has 0 aromatic carbocycles. The first-order valence-electron chi connectivity index (χ1n) is 7.29. The van der Waals surface area contributed by atoms with E-state index in [4.69, 9.17) is 4.74 Å². The average molecular weight is 284 g/mol. The van der Waals surface area contributed by atoms with Gasteiger partial charge in [0.1, 0.15) is 5.60 Å². The maximum absolute atomic E-state index is 11.8. The second-order valence-corrected chi connectivity index (χ2v) is 6.39. The van der Waals surface area contributed by atoms with Crippen molar-refractivity contribution < 1.29 is 9.53 Å². The molecule has 1 aliphatic heterocycles. The maximum Gasteiger partial charge on any atom is 0.407 e. The average Bonchev–Trinajstić information content (AvgIpc) is 2.33. The number of amides is 1. The predicted octanol–water partition coefficient (Wildman–Crippen LogP) is 1.47. The lowest BCUT2D eigenvalue weighted by atomic mass is 10.0. The Morgan fingerprint density at radius 2 is 2.15 bits per heavy atom. The van der Waals surface area contributed by atoms with E-state index in [0.29, 0.717) is 12.5 Å². The fourth-order valence-corrected chi connectivity index (χ4v) is 1.77. The van der Waals surface area contributed by atoms with Gasteiger partial charge >= 0.3 is 6.09 Å². The number of carbonyl (C=O) groups is 1. The second kappa shape index (κ2) is 7.36. The minimum absolute atomic E-state index is 0.00345. The minimum Gasteiger partial charge on any atom is -0.444 e. The number of carbonyl (C=O) groups excluding carboxylic acids is 1. The van der Waals surface area contributed by atoms with Gasteiger partial charge in [-0.1, -0.05) is 13.8 Å². The van der Waals surface area contributed by atoms with E-state index in [1.54, 1.807) is 0 Å². The zero-order valence-electron chi connectivity index (χ0n) is 13.2. The topological polar surface area (TPSA) is 74.8 Å². The van der Waals surface area contributed by atoms with Crippen molar-refractivity contribution in [3.8, 4) is 0 Å². The van der Waals surface area contributed by atoms with Gasteiger partial charge in [0.25, 0.3) is 0 Å². The number of hydrogen-bond donors (Lipinski definition) is 3. The van der Waals surface area contributed by atoms with Crippen LogP contribution in [0, 0.1) is 5.92 Å². The molecule has 1 aliphatic rings. The summed E-state index contributed by atoms with van der Waals surface area (Å²) in [4.78, 5) is 16.2. The number of nitrogens with zero attached hydrogens (tertiary/aromatic N) is 1. The molecule has 1 heterocycles. The molecule has 0 bridgehead atoms. The SMILES string of the molecule is CC(C)C(CNC1=NCCCN1)NC(=O)OC(C)(C)C. The molecule has 0 aromatic heterocycles. The molecule has 20 heavy (non-hydrogen) atoms. The third kappa shape index (κ3) is 6.63. The van der Waals surface area contributed by atoms with E-state index < -0.39 is 5.60 Å². The van der Waals surface area contributed by atoms with Crippen LogP contribution in [0.25, 0.3) is 0 Å². The van der Waals surface area contributed by atoms with Crippen molar-refractivity contribution in [3.05, 3.63) is 0 Å². The van der Waals surface area contributed by atoms with Crippen LogP contribution < -0.4 is 16.0 Å². The molecular weight excluding hydrogens is 256 g/mol. The summed E-state index contributed by atoms with van der Waals surface area (Å²) in [6.45, 7) is 12.1. The van der Waals surface area contributed by atoms with Gasteiger partial charge in [-0.3, -0.25) is 4.99 Å². The molecule has 1 atom stereocenters. The molecule has 1 rings (SSSR count). The Hall–Kier alpha value is -1.46. The van der Waals surface area contributed by atoms with Gasteiger partial charge in [-0.15, -0.1) is 0 Å². The van der Waals surface area contributed by atoms with Crippen LogP contribution in [-0.4, -0.2) is 43.3 Å². The number of alkyl carbamates (subject to hydrolysis) is 1. The summed E-state index contributed by atoms with van der Waals surface area (Å²) in [5.41, 5.74) is -0.478. The summed E-state index contributed by atoms with van der Waals surface area (Å²) < 4.78 is 5.29. The Bertz CT molecular complexity index is 348. The van der Waals surface area contributed by atoms with Crippen LogP contribution in [0.15, 0.2) is 4.99 Å². The van der Waals surface area contributed by atoms with Crippen molar-refractivity contribution in [3.63, 3.8) is 0 Å². The Balaban J connectivity index is 2.44. The monoisotopic (exact) mass is 284 g/mol. The molecule has 0 spiro atoms. The molecule has 0 saturated carbocycles. The van der Waals surface area contributed by atoms with Crippen LogP contribution in [0.2, 0.25) is 0 Å². The number of ether oxygens (including phenoxy) is 1. The molecule has 116 valence electrons. The van der Waals surface area contributed by atoms with Crippen molar-refractivity contribution in [1.82, 2.24) is 16.0 Å². The van der Waals surface area contributed by atoms with Gasteiger partial charge in [0.05, 0.1) is 6.04 Å². The third-order valence-corrected chi connectivity index (χ3v) is 2.89. The van der Waals surface area contributed by atoms with Crippen LogP contribution in [0.3, 0.4) is 0 Å². The Kier molecular flexibility index (Phi) is 6.10. The Morgan fingerprint density at radius 1 is 1.45 bits per heavy atom. The second-order valence-electron chi connectivity index (χ2n) is 6.39. The standard InChI is InChI=1S/C14H28N4O2/c1-10(2)11(18-13(19)20-14(3,4)5)9-17-12-15-7-6-8-16-12/h10-11H,6-9H2,1-5H3,(H,18,19)(H2,15,16,17). The highest BCUT2D eigenvalue weighted by Gasteiger charge is 2.21. The molecule has 0 fully saturated rings. The quantitative estimate of drug-likeness (QED) is 0.731. The number of hydrogen-bond acceptors (Lipinski definition) is 5. The lowest BCUT2D eigenvalue weighted by Crippen LogP contribution is -2.51. The number of guanidine groups is 1. The van der Waals surface area contributed by atoms with Gasteiger partial charge in [0, 0.05) is 19.6 Å². The molecule has 1 unspecified atom stereocenters. The van der Waals surface area contributed by atoms with E-state index in [2.05, 4.69) is 34.8 Å².